The van der Waals surface area contributed by atoms with Gasteiger partial charge in [-0.25, -0.2) is 0 Å². The molecule has 1 aromatic rings. The first-order chi connectivity index (χ1) is 4.83. The van der Waals surface area contributed by atoms with E-state index in [4.69, 9.17) is 16.3 Å². The molecule has 0 N–H and O–H groups in total. The van der Waals surface area contributed by atoms with Crippen LogP contribution in [0.15, 0.2) is 24.3 Å². The molecule has 1 radical (unpaired) electrons. The summed E-state index contributed by atoms with van der Waals surface area (Å²) in [5, 5.41) is 0.744. The molecule has 0 aliphatic rings. The Morgan fingerprint density at radius 3 is 2.40 bits per heavy atom. The molecule has 0 amide bonds. The van der Waals surface area contributed by atoms with E-state index in [9.17, 15) is 0 Å². The summed E-state index contributed by atoms with van der Waals surface area (Å²) in [5.41, 5.74) is 1.02. The van der Waals surface area contributed by atoms with Crippen molar-refractivity contribution in [1.82, 2.24) is 0 Å². The fraction of sp³-hybridized carbons (Fsp3) is 0.143. The van der Waals surface area contributed by atoms with Crippen LogP contribution in [0.3, 0.4) is 0 Å². The first-order valence-electron chi connectivity index (χ1n) is 2.94. The average molecular weight is 153 g/mol. The molecule has 1 rings (SSSR count). The van der Waals surface area contributed by atoms with E-state index in [-0.39, 0.29) is 0 Å². The molecule has 0 aliphatic carbocycles. The van der Waals surface area contributed by atoms with Crippen LogP contribution in [0.2, 0.25) is 5.02 Å². The molecule has 1 aromatic carbocycles. The van der Waals surface area contributed by atoms with Gasteiger partial charge in [0.15, 0.2) is 0 Å². The van der Waals surface area contributed by atoms with E-state index in [0.29, 0.717) is 0 Å². The van der Waals surface area contributed by atoms with E-state index in [0.717, 1.165) is 10.5 Å². The highest BCUT2D eigenvalue weighted by atomic mass is 35.5. The Morgan fingerprint density at radius 2 is 1.90 bits per heavy atom. The number of hydrogen-bond donors (Lipinski definition) is 0. The van der Waals surface area contributed by atoms with Gasteiger partial charge in [-0.15, -0.1) is 0 Å². The molecule has 0 unspecified atom stereocenters. The first kappa shape index (κ1) is 7.64. The highest BCUT2D eigenvalue weighted by molar-refractivity contribution is 6.47. The molecule has 10 heavy (non-hydrogen) atoms. The van der Waals surface area contributed by atoms with Gasteiger partial charge in [0.05, 0.1) is 0 Å². The van der Waals surface area contributed by atoms with Gasteiger partial charge < -0.3 is 4.65 Å². The maximum absolute atomic E-state index is 5.66. The smallest absolute Gasteiger partial charge is 0.329 e. The van der Waals surface area contributed by atoms with Gasteiger partial charge in [-0.2, -0.15) is 0 Å². The molecule has 51 valence electrons. The van der Waals surface area contributed by atoms with Crippen LogP contribution < -0.4 is 5.46 Å². The molecular formula is C7H7BClO. The van der Waals surface area contributed by atoms with E-state index < -0.39 is 0 Å². The number of rotatable bonds is 2. The minimum atomic E-state index is 0.744. The van der Waals surface area contributed by atoms with E-state index in [1.807, 2.05) is 24.3 Å². The van der Waals surface area contributed by atoms with Crippen LogP contribution in [0.25, 0.3) is 0 Å². The normalized spacial score (nSPS) is 9.40. The Balaban J connectivity index is 2.69. The summed E-state index contributed by atoms with van der Waals surface area (Å²) in [6.07, 6.45) is 0. The topological polar surface area (TPSA) is 9.23 Å². The lowest BCUT2D eigenvalue weighted by Crippen LogP contribution is -2.14. The van der Waals surface area contributed by atoms with E-state index in [1.54, 1.807) is 14.6 Å². The van der Waals surface area contributed by atoms with Crippen LogP contribution in [0.4, 0.5) is 0 Å². The summed E-state index contributed by atoms with van der Waals surface area (Å²) in [5.74, 6) is 0. The molecule has 0 heterocycles. The second-order valence-corrected chi connectivity index (χ2v) is 2.34. The predicted molar refractivity (Wildman–Crippen MR) is 43.8 cm³/mol. The lowest BCUT2D eigenvalue weighted by atomic mass is 9.89. The SMILES string of the molecule is CO[B]c1ccc(Cl)cc1. The van der Waals surface area contributed by atoms with Crippen LogP contribution in [0.1, 0.15) is 0 Å². The minimum Gasteiger partial charge on any atom is -0.437 e. The Kier molecular flexibility index (Phi) is 2.78. The zero-order valence-electron chi connectivity index (χ0n) is 5.67. The quantitative estimate of drug-likeness (QED) is 0.581. The predicted octanol–water partition coefficient (Wildman–Crippen LogP) is 1.23. The monoisotopic (exact) mass is 153 g/mol. The van der Waals surface area contributed by atoms with Crippen LogP contribution in [-0.2, 0) is 4.65 Å². The van der Waals surface area contributed by atoms with Crippen molar-refractivity contribution in [3.63, 3.8) is 0 Å². The van der Waals surface area contributed by atoms with Gasteiger partial charge in [0.1, 0.15) is 0 Å². The third kappa shape index (κ3) is 2.05. The summed E-state index contributed by atoms with van der Waals surface area (Å²) >= 11 is 5.66. The third-order valence-corrected chi connectivity index (χ3v) is 1.38. The summed E-state index contributed by atoms with van der Waals surface area (Å²) in [6.45, 7) is 0. The van der Waals surface area contributed by atoms with E-state index in [1.165, 1.54) is 0 Å². The second kappa shape index (κ2) is 3.64. The summed E-state index contributed by atoms with van der Waals surface area (Å²) in [6, 6.07) is 7.44. The van der Waals surface area contributed by atoms with Crippen LogP contribution in [0.5, 0.6) is 0 Å². The maximum atomic E-state index is 5.66. The van der Waals surface area contributed by atoms with E-state index in [2.05, 4.69) is 0 Å². The van der Waals surface area contributed by atoms with Gasteiger partial charge in [0.2, 0.25) is 0 Å². The number of hydrogen-bond acceptors (Lipinski definition) is 1. The van der Waals surface area contributed by atoms with Crippen molar-refractivity contribution in [1.29, 1.82) is 0 Å². The molecule has 0 bridgehead atoms. The average Bonchev–Trinajstić information content (AvgIpc) is 1.95. The molecule has 0 fully saturated rings. The zero-order valence-corrected chi connectivity index (χ0v) is 6.43. The van der Waals surface area contributed by atoms with Crippen LogP contribution in [-0.4, -0.2) is 14.6 Å². The highest BCUT2D eigenvalue weighted by Crippen LogP contribution is 2.02. The van der Waals surface area contributed by atoms with E-state index >= 15 is 0 Å². The molecule has 1 nitrogen and oxygen atoms in total. The minimum absolute atomic E-state index is 0.744. The molecule has 0 aliphatic heterocycles. The van der Waals surface area contributed by atoms with Gasteiger partial charge >= 0.3 is 7.48 Å². The standard InChI is InChI=1S/C7H7BClO/c1-10-8-6-2-4-7(9)5-3-6/h2-5H,1H3. The van der Waals surface area contributed by atoms with Gasteiger partial charge in [0, 0.05) is 12.1 Å². The third-order valence-electron chi connectivity index (χ3n) is 1.12. The lowest BCUT2D eigenvalue weighted by Gasteiger charge is -1.94. The fourth-order valence-corrected chi connectivity index (χ4v) is 0.803. The van der Waals surface area contributed by atoms with Crippen molar-refractivity contribution >= 4 is 24.5 Å². The number of halogens is 1. The fourth-order valence-electron chi connectivity index (χ4n) is 0.677. The molecular weight excluding hydrogens is 146 g/mol. The van der Waals surface area contributed by atoms with Crippen LogP contribution >= 0.6 is 11.6 Å². The summed E-state index contributed by atoms with van der Waals surface area (Å²) in [4.78, 5) is 0. The summed E-state index contributed by atoms with van der Waals surface area (Å²) in [7, 11) is 3.28. The Hall–Kier alpha value is -0.465. The number of benzene rings is 1. The van der Waals surface area contributed by atoms with Gasteiger partial charge in [-0.3, -0.25) is 0 Å². The maximum Gasteiger partial charge on any atom is 0.329 e. The summed E-state index contributed by atoms with van der Waals surface area (Å²) < 4.78 is 4.80. The lowest BCUT2D eigenvalue weighted by molar-refractivity contribution is 0.450. The molecule has 3 heteroatoms. The zero-order chi connectivity index (χ0) is 7.40. The largest absolute Gasteiger partial charge is 0.437 e. The second-order valence-electron chi connectivity index (χ2n) is 1.91. The van der Waals surface area contributed by atoms with Gasteiger partial charge in [0.25, 0.3) is 0 Å². The molecule has 0 saturated carbocycles. The molecule has 0 saturated heterocycles. The van der Waals surface area contributed by atoms with Gasteiger partial charge in [-0.1, -0.05) is 29.2 Å². The Morgan fingerprint density at radius 1 is 1.30 bits per heavy atom. The van der Waals surface area contributed by atoms with Crippen molar-refractivity contribution in [3.8, 4) is 0 Å². The molecule has 0 aromatic heterocycles. The highest BCUT2D eigenvalue weighted by Gasteiger charge is 1.92. The van der Waals surface area contributed by atoms with Crippen LogP contribution in [0, 0.1) is 0 Å². The Labute approximate surface area is 66.2 Å². The Bertz CT molecular complexity index is 197. The van der Waals surface area contributed by atoms with Crippen molar-refractivity contribution in [2.75, 3.05) is 7.11 Å². The first-order valence-corrected chi connectivity index (χ1v) is 3.32. The molecule has 0 spiro atoms. The van der Waals surface area contributed by atoms with Crippen molar-refractivity contribution < 1.29 is 4.65 Å². The molecule has 0 atom stereocenters. The van der Waals surface area contributed by atoms with Crippen molar-refractivity contribution in [2.24, 2.45) is 0 Å². The van der Waals surface area contributed by atoms with Crippen molar-refractivity contribution in [3.05, 3.63) is 29.3 Å². The van der Waals surface area contributed by atoms with Crippen molar-refractivity contribution in [2.45, 2.75) is 0 Å². The van der Waals surface area contributed by atoms with Gasteiger partial charge in [-0.05, 0) is 12.1 Å².